The van der Waals surface area contributed by atoms with Gasteiger partial charge in [0.1, 0.15) is 0 Å². The van der Waals surface area contributed by atoms with Gasteiger partial charge in [-0.1, -0.05) is 27.2 Å². The van der Waals surface area contributed by atoms with Crippen LogP contribution in [-0.4, -0.2) is 39.9 Å². The molecular formula is C16H30N4. The first-order chi connectivity index (χ1) is 9.58. The summed E-state index contributed by atoms with van der Waals surface area (Å²) in [6, 6.07) is 1.31. The van der Waals surface area contributed by atoms with Crippen molar-refractivity contribution in [1.29, 1.82) is 0 Å². The first kappa shape index (κ1) is 15.5. The molecule has 1 aromatic rings. The molecule has 4 nitrogen and oxygen atoms in total. The number of hydrogen-bond acceptors (Lipinski definition) is 3. The Labute approximate surface area is 123 Å². The van der Waals surface area contributed by atoms with E-state index in [1.165, 1.54) is 24.8 Å². The van der Waals surface area contributed by atoms with Gasteiger partial charge in [0, 0.05) is 50.5 Å². The van der Waals surface area contributed by atoms with E-state index in [0.717, 1.165) is 25.6 Å². The van der Waals surface area contributed by atoms with Gasteiger partial charge in [0.05, 0.1) is 6.20 Å². The average Bonchev–Trinajstić information content (AvgIpc) is 2.77. The number of rotatable bonds is 6. The first-order valence-electron chi connectivity index (χ1n) is 8.03. The number of aryl methyl sites for hydroxylation is 1. The molecule has 0 amide bonds. The lowest BCUT2D eigenvalue weighted by Gasteiger charge is -2.41. The van der Waals surface area contributed by atoms with Crippen molar-refractivity contribution in [3.63, 3.8) is 0 Å². The molecule has 20 heavy (non-hydrogen) atoms. The van der Waals surface area contributed by atoms with Crippen molar-refractivity contribution >= 4 is 0 Å². The van der Waals surface area contributed by atoms with Crippen LogP contribution in [0.15, 0.2) is 12.4 Å². The molecule has 2 unspecified atom stereocenters. The minimum atomic E-state index is 0.639. The molecule has 0 aromatic carbocycles. The molecule has 1 aliphatic heterocycles. The number of nitrogens with zero attached hydrogens (tertiary/aromatic N) is 3. The first-order valence-corrected chi connectivity index (χ1v) is 8.03. The maximum atomic E-state index is 4.29. The van der Waals surface area contributed by atoms with Crippen LogP contribution >= 0.6 is 0 Å². The minimum Gasteiger partial charge on any atom is -0.311 e. The van der Waals surface area contributed by atoms with Crippen LogP contribution in [0.5, 0.6) is 0 Å². The summed E-state index contributed by atoms with van der Waals surface area (Å²) in [5, 5.41) is 8.04. The highest BCUT2D eigenvalue weighted by Crippen LogP contribution is 2.18. The number of piperazine rings is 1. The van der Waals surface area contributed by atoms with E-state index in [9.17, 15) is 0 Å². The maximum Gasteiger partial charge on any atom is 0.0534 e. The van der Waals surface area contributed by atoms with E-state index in [4.69, 9.17) is 0 Å². The zero-order valence-corrected chi connectivity index (χ0v) is 13.5. The van der Waals surface area contributed by atoms with E-state index >= 15 is 0 Å². The molecule has 4 heteroatoms. The highest BCUT2D eigenvalue weighted by atomic mass is 15.3. The Hall–Kier alpha value is -0.870. The van der Waals surface area contributed by atoms with Crippen LogP contribution in [0.2, 0.25) is 0 Å². The van der Waals surface area contributed by atoms with E-state index < -0.39 is 0 Å². The number of nitrogens with one attached hydrogen (secondary N) is 1. The van der Waals surface area contributed by atoms with Crippen LogP contribution < -0.4 is 5.32 Å². The predicted molar refractivity (Wildman–Crippen MR) is 83.6 cm³/mol. The molecule has 2 heterocycles. The molecule has 0 bridgehead atoms. The van der Waals surface area contributed by atoms with Crippen LogP contribution in [0, 0.1) is 5.92 Å². The van der Waals surface area contributed by atoms with Crippen molar-refractivity contribution in [3.8, 4) is 0 Å². The Morgan fingerprint density at radius 2 is 2.25 bits per heavy atom. The summed E-state index contributed by atoms with van der Waals surface area (Å²) in [4.78, 5) is 2.66. The molecule has 1 N–H and O–H groups in total. The van der Waals surface area contributed by atoms with Crippen molar-refractivity contribution in [2.45, 2.75) is 58.7 Å². The Bertz CT molecular complexity index is 399. The summed E-state index contributed by atoms with van der Waals surface area (Å²) in [5.41, 5.74) is 1.33. The Morgan fingerprint density at radius 1 is 1.45 bits per heavy atom. The largest absolute Gasteiger partial charge is 0.311 e. The molecule has 2 atom stereocenters. The summed E-state index contributed by atoms with van der Waals surface area (Å²) in [7, 11) is 1.99. The lowest BCUT2D eigenvalue weighted by Crippen LogP contribution is -2.56. The van der Waals surface area contributed by atoms with E-state index in [1.54, 1.807) is 0 Å². The Morgan fingerprint density at radius 3 is 2.85 bits per heavy atom. The highest BCUT2D eigenvalue weighted by molar-refractivity contribution is 5.04. The third-order valence-corrected chi connectivity index (χ3v) is 4.14. The van der Waals surface area contributed by atoms with Gasteiger partial charge in [-0.15, -0.1) is 0 Å². The van der Waals surface area contributed by atoms with E-state index in [-0.39, 0.29) is 0 Å². The maximum absolute atomic E-state index is 4.29. The van der Waals surface area contributed by atoms with Crippen molar-refractivity contribution in [2.75, 3.05) is 13.1 Å². The van der Waals surface area contributed by atoms with Crippen molar-refractivity contribution < 1.29 is 0 Å². The molecule has 1 fully saturated rings. The molecular weight excluding hydrogens is 248 g/mol. The second-order valence-corrected chi connectivity index (χ2v) is 6.63. The van der Waals surface area contributed by atoms with E-state index in [1.807, 2.05) is 17.9 Å². The fraction of sp³-hybridized carbons (Fsp3) is 0.812. The lowest BCUT2D eigenvalue weighted by molar-refractivity contribution is 0.108. The van der Waals surface area contributed by atoms with Crippen molar-refractivity contribution in [2.24, 2.45) is 13.0 Å². The fourth-order valence-electron chi connectivity index (χ4n) is 3.25. The number of aromatic nitrogens is 2. The normalized spacial score (nSPS) is 24.4. The lowest BCUT2D eigenvalue weighted by atomic mass is 9.98. The van der Waals surface area contributed by atoms with Crippen LogP contribution in [0.25, 0.3) is 0 Å². The Kier molecular flexibility index (Phi) is 5.61. The van der Waals surface area contributed by atoms with Gasteiger partial charge in [-0.25, -0.2) is 0 Å². The predicted octanol–water partition coefficient (Wildman–Crippen LogP) is 2.41. The van der Waals surface area contributed by atoms with Crippen molar-refractivity contribution in [1.82, 2.24) is 20.0 Å². The molecule has 1 aromatic heterocycles. The van der Waals surface area contributed by atoms with Gasteiger partial charge in [-0.3, -0.25) is 9.58 Å². The second-order valence-electron chi connectivity index (χ2n) is 6.63. The number of hydrogen-bond donors (Lipinski definition) is 1. The third-order valence-electron chi connectivity index (χ3n) is 4.14. The summed E-state index contributed by atoms with van der Waals surface area (Å²) >= 11 is 0. The molecule has 114 valence electrons. The zero-order valence-electron chi connectivity index (χ0n) is 13.5. The molecule has 0 saturated carbocycles. The van der Waals surface area contributed by atoms with Crippen LogP contribution in [0.1, 0.15) is 45.6 Å². The molecule has 0 aliphatic carbocycles. The van der Waals surface area contributed by atoms with Crippen LogP contribution in [0.3, 0.4) is 0 Å². The molecule has 1 saturated heterocycles. The quantitative estimate of drug-likeness (QED) is 0.867. The van der Waals surface area contributed by atoms with Gasteiger partial charge in [0.2, 0.25) is 0 Å². The Balaban J connectivity index is 1.98. The van der Waals surface area contributed by atoms with Crippen molar-refractivity contribution in [3.05, 3.63) is 18.0 Å². The SMILES string of the molecule is CCCC1CNC(CC(C)C)CN1Cc1cnn(C)c1. The van der Waals surface area contributed by atoms with Crippen LogP contribution in [0.4, 0.5) is 0 Å². The zero-order chi connectivity index (χ0) is 14.5. The van der Waals surface area contributed by atoms with Gasteiger partial charge in [-0.2, -0.15) is 5.10 Å². The van der Waals surface area contributed by atoms with Gasteiger partial charge in [0.15, 0.2) is 0 Å². The summed E-state index contributed by atoms with van der Waals surface area (Å²) in [6.07, 6.45) is 7.94. The monoisotopic (exact) mass is 278 g/mol. The second kappa shape index (κ2) is 7.23. The molecule has 1 aliphatic rings. The summed E-state index contributed by atoms with van der Waals surface area (Å²) < 4.78 is 1.90. The van der Waals surface area contributed by atoms with Gasteiger partial charge in [-0.05, 0) is 18.8 Å². The van der Waals surface area contributed by atoms with Gasteiger partial charge in [0.25, 0.3) is 0 Å². The average molecular weight is 278 g/mol. The molecule has 2 rings (SSSR count). The third kappa shape index (κ3) is 4.32. The van der Waals surface area contributed by atoms with Gasteiger partial charge >= 0.3 is 0 Å². The smallest absolute Gasteiger partial charge is 0.0534 e. The highest BCUT2D eigenvalue weighted by Gasteiger charge is 2.27. The van der Waals surface area contributed by atoms with Gasteiger partial charge < -0.3 is 5.32 Å². The summed E-state index contributed by atoms with van der Waals surface area (Å²) in [5.74, 6) is 0.760. The standard InChI is InChI=1S/C16H30N4/c1-5-6-16-9-17-15(7-13(2)3)12-20(16)11-14-8-18-19(4)10-14/h8,10,13,15-17H,5-7,9,11-12H2,1-4H3. The van der Waals surface area contributed by atoms with E-state index in [0.29, 0.717) is 12.1 Å². The molecule has 0 radical (unpaired) electrons. The van der Waals surface area contributed by atoms with E-state index in [2.05, 4.69) is 42.3 Å². The van der Waals surface area contributed by atoms with Crippen LogP contribution in [-0.2, 0) is 13.6 Å². The fourth-order valence-corrected chi connectivity index (χ4v) is 3.25. The minimum absolute atomic E-state index is 0.639. The molecule has 0 spiro atoms. The summed E-state index contributed by atoms with van der Waals surface area (Å²) in [6.45, 7) is 10.2. The topological polar surface area (TPSA) is 33.1 Å².